The van der Waals surface area contributed by atoms with Crippen molar-refractivity contribution in [1.82, 2.24) is 0 Å². The first-order valence-electron chi connectivity index (χ1n) is 4.27. The molecule has 0 unspecified atom stereocenters. The molecule has 1 rings (SSSR count). The number of hydrogen-bond donors (Lipinski definition) is 0. The molecule has 1 aromatic rings. The Balaban J connectivity index is 2.73. The van der Waals surface area contributed by atoms with Crippen LogP contribution in [0.15, 0.2) is 30.3 Å². The third-order valence-corrected chi connectivity index (χ3v) is 1.78. The molecule has 0 saturated carbocycles. The first-order chi connectivity index (χ1) is 7.32. The van der Waals surface area contributed by atoms with Gasteiger partial charge in [-0.15, -0.1) is 12.1 Å². The maximum atomic E-state index is 12.9. The van der Waals surface area contributed by atoms with Gasteiger partial charge in [-0.05, 0) is 12.1 Å². The van der Waals surface area contributed by atoms with E-state index >= 15 is 0 Å². The molecule has 0 aliphatic carbocycles. The summed E-state index contributed by atoms with van der Waals surface area (Å²) < 4.78 is 66.4. The molecule has 88 valence electrons. The van der Waals surface area contributed by atoms with Gasteiger partial charge in [0.1, 0.15) is 0 Å². The van der Waals surface area contributed by atoms with Gasteiger partial charge in [0.05, 0.1) is 6.61 Å². The SMILES string of the molecule is C=C(COc1c(F)cccc1F)[B-](F)(F)F. The van der Waals surface area contributed by atoms with Gasteiger partial charge in [0.2, 0.25) is 0 Å². The van der Waals surface area contributed by atoms with Crippen molar-refractivity contribution < 1.29 is 26.5 Å². The van der Waals surface area contributed by atoms with Crippen LogP contribution in [-0.2, 0) is 0 Å². The number of benzene rings is 1. The van der Waals surface area contributed by atoms with Crippen molar-refractivity contribution in [1.29, 1.82) is 0 Å². The number of halogens is 5. The lowest BCUT2D eigenvalue weighted by Gasteiger charge is -2.18. The second-order valence-corrected chi connectivity index (χ2v) is 3.07. The fraction of sp³-hybridized carbons (Fsp3) is 0.111. The minimum Gasteiger partial charge on any atom is -0.486 e. The van der Waals surface area contributed by atoms with Gasteiger partial charge in [-0.25, -0.2) is 8.78 Å². The lowest BCUT2D eigenvalue weighted by Crippen LogP contribution is -2.23. The van der Waals surface area contributed by atoms with Gasteiger partial charge in [-0.1, -0.05) is 6.07 Å². The molecule has 0 aromatic heterocycles. The zero-order valence-electron chi connectivity index (χ0n) is 8.02. The van der Waals surface area contributed by atoms with Crippen LogP contribution < -0.4 is 4.74 Å². The molecule has 16 heavy (non-hydrogen) atoms. The van der Waals surface area contributed by atoms with Gasteiger partial charge in [0.25, 0.3) is 0 Å². The van der Waals surface area contributed by atoms with E-state index in [1.165, 1.54) is 0 Å². The Morgan fingerprint density at radius 2 is 1.69 bits per heavy atom. The topological polar surface area (TPSA) is 9.23 Å². The fourth-order valence-electron chi connectivity index (χ4n) is 0.880. The quantitative estimate of drug-likeness (QED) is 0.576. The van der Waals surface area contributed by atoms with Crippen molar-refractivity contribution in [2.45, 2.75) is 0 Å². The van der Waals surface area contributed by atoms with Crippen LogP contribution in [-0.4, -0.2) is 13.6 Å². The summed E-state index contributed by atoms with van der Waals surface area (Å²) in [6, 6.07) is 2.86. The molecule has 0 N–H and O–H groups in total. The molecule has 0 fully saturated rings. The number of para-hydroxylation sites is 1. The summed E-state index contributed by atoms with van der Waals surface area (Å²) in [5.74, 6) is -2.94. The van der Waals surface area contributed by atoms with E-state index in [0.29, 0.717) is 0 Å². The lowest BCUT2D eigenvalue weighted by atomic mass is 9.81. The standard InChI is InChI=1S/C9H7BF5O/c1-6(10(13,14)15)5-16-9-7(11)3-2-4-8(9)12/h2-4H,1,5H2/q-1. The molecule has 0 amide bonds. The Morgan fingerprint density at radius 1 is 1.19 bits per heavy atom. The molecule has 0 aliphatic rings. The van der Waals surface area contributed by atoms with Crippen molar-refractivity contribution in [3.8, 4) is 5.75 Å². The van der Waals surface area contributed by atoms with Gasteiger partial charge >= 0.3 is 6.98 Å². The van der Waals surface area contributed by atoms with E-state index in [2.05, 4.69) is 11.3 Å². The van der Waals surface area contributed by atoms with Crippen LogP contribution in [0.25, 0.3) is 0 Å². The highest BCUT2D eigenvalue weighted by Crippen LogP contribution is 2.24. The Hall–Kier alpha value is -1.53. The Labute approximate surface area is 88.6 Å². The maximum Gasteiger partial charge on any atom is 0.508 e. The van der Waals surface area contributed by atoms with Gasteiger partial charge in [0.15, 0.2) is 17.4 Å². The summed E-state index contributed by atoms with van der Waals surface area (Å²) in [4.78, 5) is 0. The molecule has 0 radical (unpaired) electrons. The Morgan fingerprint density at radius 3 is 2.12 bits per heavy atom. The van der Waals surface area contributed by atoms with Crippen LogP contribution in [0, 0.1) is 11.6 Å². The van der Waals surface area contributed by atoms with E-state index in [0.717, 1.165) is 18.2 Å². The summed E-state index contributed by atoms with van der Waals surface area (Å²) in [5.41, 5.74) is -1.15. The largest absolute Gasteiger partial charge is 0.508 e. The van der Waals surface area contributed by atoms with E-state index in [9.17, 15) is 21.7 Å². The van der Waals surface area contributed by atoms with Crippen molar-refractivity contribution in [3.63, 3.8) is 0 Å². The minimum absolute atomic E-state index is 0.830. The number of hydrogen-bond acceptors (Lipinski definition) is 1. The van der Waals surface area contributed by atoms with E-state index in [4.69, 9.17) is 0 Å². The summed E-state index contributed by atoms with van der Waals surface area (Å²) in [7, 11) is 0. The first kappa shape index (κ1) is 12.5. The third-order valence-electron chi connectivity index (χ3n) is 1.78. The maximum absolute atomic E-state index is 12.9. The molecular weight excluding hydrogens is 230 g/mol. The molecule has 0 bridgehead atoms. The molecule has 0 aliphatic heterocycles. The third kappa shape index (κ3) is 2.98. The number of ether oxygens (including phenoxy) is 1. The Kier molecular flexibility index (Phi) is 3.56. The molecule has 7 heteroatoms. The van der Waals surface area contributed by atoms with Crippen molar-refractivity contribution in [2.75, 3.05) is 6.61 Å². The molecular formula is C9H7BF5O-. The van der Waals surface area contributed by atoms with E-state index in [1.54, 1.807) is 0 Å². The van der Waals surface area contributed by atoms with Crippen LogP contribution in [0.1, 0.15) is 0 Å². The summed E-state index contributed by atoms with van der Waals surface area (Å²) in [6.07, 6.45) is 0. The van der Waals surface area contributed by atoms with Crippen LogP contribution in [0.4, 0.5) is 21.7 Å². The highest BCUT2D eigenvalue weighted by molar-refractivity contribution is 6.66. The second kappa shape index (κ2) is 4.55. The average Bonchev–Trinajstić information content (AvgIpc) is 2.15. The zero-order valence-corrected chi connectivity index (χ0v) is 8.02. The summed E-state index contributed by atoms with van der Waals surface area (Å²) in [5, 5.41) is 0. The van der Waals surface area contributed by atoms with Crippen LogP contribution in [0.3, 0.4) is 0 Å². The average molecular weight is 237 g/mol. The summed E-state index contributed by atoms with van der Waals surface area (Å²) in [6.45, 7) is -3.51. The first-order valence-corrected chi connectivity index (χ1v) is 4.27. The van der Waals surface area contributed by atoms with E-state index in [-0.39, 0.29) is 0 Å². The predicted octanol–water partition coefficient (Wildman–Crippen LogP) is 3.29. The Bertz CT molecular complexity index is 381. The van der Waals surface area contributed by atoms with Gasteiger partial charge < -0.3 is 17.7 Å². The van der Waals surface area contributed by atoms with E-state index in [1.807, 2.05) is 0 Å². The minimum atomic E-state index is -5.26. The second-order valence-electron chi connectivity index (χ2n) is 3.07. The molecule has 0 saturated heterocycles. The molecule has 0 spiro atoms. The van der Waals surface area contributed by atoms with E-state index < -0.39 is 36.4 Å². The van der Waals surface area contributed by atoms with Crippen LogP contribution in [0.5, 0.6) is 5.75 Å². The summed E-state index contributed by atoms with van der Waals surface area (Å²) >= 11 is 0. The number of rotatable bonds is 4. The van der Waals surface area contributed by atoms with Gasteiger partial charge in [0, 0.05) is 0 Å². The van der Waals surface area contributed by atoms with Gasteiger partial charge in [-0.3, -0.25) is 0 Å². The van der Waals surface area contributed by atoms with Gasteiger partial charge in [-0.2, -0.15) is 0 Å². The highest BCUT2D eigenvalue weighted by Gasteiger charge is 2.27. The molecule has 1 aromatic carbocycles. The zero-order chi connectivity index (χ0) is 12.3. The van der Waals surface area contributed by atoms with Crippen molar-refractivity contribution in [2.24, 2.45) is 0 Å². The van der Waals surface area contributed by atoms with Crippen LogP contribution in [0.2, 0.25) is 0 Å². The lowest BCUT2D eigenvalue weighted by molar-refractivity contribution is 0.310. The smallest absolute Gasteiger partial charge is 0.486 e. The normalized spacial score (nSPS) is 11.3. The predicted molar refractivity (Wildman–Crippen MR) is 50.1 cm³/mol. The molecule has 0 heterocycles. The fourth-order valence-corrected chi connectivity index (χ4v) is 0.880. The van der Waals surface area contributed by atoms with Crippen molar-refractivity contribution >= 4 is 6.98 Å². The van der Waals surface area contributed by atoms with Crippen molar-refractivity contribution in [3.05, 3.63) is 41.9 Å². The monoisotopic (exact) mass is 237 g/mol. The highest BCUT2D eigenvalue weighted by atomic mass is 19.4. The molecule has 1 nitrogen and oxygen atoms in total. The van der Waals surface area contributed by atoms with Crippen LogP contribution >= 0.6 is 0 Å². The molecule has 0 atom stereocenters.